The van der Waals surface area contributed by atoms with Crippen LogP contribution in [-0.4, -0.2) is 10.9 Å². The third-order valence-corrected chi connectivity index (χ3v) is 3.77. The van der Waals surface area contributed by atoms with Crippen molar-refractivity contribution in [1.29, 1.82) is 0 Å². The number of fused-ring (bicyclic) bond motifs is 3. The summed E-state index contributed by atoms with van der Waals surface area (Å²) < 4.78 is 11.2. The summed E-state index contributed by atoms with van der Waals surface area (Å²) in [6.07, 6.45) is 0.398. The standard InChI is InChI=1S/C15H16O4/c1-8-9(2)19-14-11(13(8)16)5-4-10-6-15(3,17)18-7-12(10)14/h4-5,17H,6-7H2,1-3H3. The van der Waals surface area contributed by atoms with Crippen LogP contribution in [-0.2, 0) is 17.8 Å². The Kier molecular flexibility index (Phi) is 2.56. The van der Waals surface area contributed by atoms with Crippen molar-refractivity contribution in [3.63, 3.8) is 0 Å². The van der Waals surface area contributed by atoms with E-state index in [4.69, 9.17) is 9.15 Å². The van der Waals surface area contributed by atoms with Gasteiger partial charge in [-0.2, -0.15) is 0 Å². The molecule has 1 unspecified atom stereocenters. The van der Waals surface area contributed by atoms with Gasteiger partial charge in [-0.3, -0.25) is 4.79 Å². The highest BCUT2D eigenvalue weighted by Crippen LogP contribution is 2.31. The van der Waals surface area contributed by atoms with Gasteiger partial charge in [0.05, 0.1) is 12.0 Å². The molecule has 4 heteroatoms. The number of hydrogen-bond donors (Lipinski definition) is 1. The lowest BCUT2D eigenvalue weighted by atomic mass is 9.95. The van der Waals surface area contributed by atoms with Crippen LogP contribution in [0.4, 0.5) is 0 Å². The van der Waals surface area contributed by atoms with Gasteiger partial charge >= 0.3 is 0 Å². The zero-order valence-corrected chi connectivity index (χ0v) is 11.2. The highest BCUT2D eigenvalue weighted by Gasteiger charge is 2.30. The number of benzene rings is 1. The molecule has 2 heterocycles. The monoisotopic (exact) mass is 260 g/mol. The molecule has 0 fully saturated rings. The van der Waals surface area contributed by atoms with Gasteiger partial charge in [0.25, 0.3) is 0 Å². The molecule has 0 saturated heterocycles. The van der Waals surface area contributed by atoms with Crippen LogP contribution in [0, 0.1) is 13.8 Å². The van der Waals surface area contributed by atoms with E-state index in [0.29, 0.717) is 28.7 Å². The molecule has 1 aliphatic heterocycles. The van der Waals surface area contributed by atoms with Crippen LogP contribution in [0.5, 0.6) is 0 Å². The average molecular weight is 260 g/mol. The quantitative estimate of drug-likeness (QED) is 0.788. The number of aryl methyl sites for hydroxylation is 1. The van der Waals surface area contributed by atoms with E-state index in [2.05, 4.69) is 0 Å². The molecule has 0 amide bonds. The van der Waals surface area contributed by atoms with Crippen molar-refractivity contribution in [2.75, 3.05) is 0 Å². The third-order valence-electron chi connectivity index (χ3n) is 3.77. The first-order valence-electron chi connectivity index (χ1n) is 6.30. The fraction of sp³-hybridized carbons (Fsp3) is 0.400. The molecule has 1 aromatic carbocycles. The van der Waals surface area contributed by atoms with Gasteiger partial charge in [-0.15, -0.1) is 0 Å². The average Bonchev–Trinajstić information content (AvgIpc) is 2.34. The molecule has 1 aromatic heterocycles. The Hall–Kier alpha value is -1.65. The number of hydrogen-bond acceptors (Lipinski definition) is 4. The number of aliphatic hydroxyl groups is 1. The Morgan fingerprint density at radius 2 is 2.05 bits per heavy atom. The van der Waals surface area contributed by atoms with Crippen molar-refractivity contribution in [1.82, 2.24) is 0 Å². The van der Waals surface area contributed by atoms with E-state index < -0.39 is 5.79 Å². The predicted molar refractivity (Wildman–Crippen MR) is 71.1 cm³/mol. The van der Waals surface area contributed by atoms with E-state index in [1.165, 1.54) is 0 Å². The van der Waals surface area contributed by atoms with Gasteiger partial charge in [-0.25, -0.2) is 0 Å². The van der Waals surface area contributed by atoms with E-state index >= 15 is 0 Å². The molecule has 1 N–H and O–H groups in total. The second-order valence-corrected chi connectivity index (χ2v) is 5.33. The lowest BCUT2D eigenvalue weighted by Crippen LogP contribution is -2.35. The first-order chi connectivity index (χ1) is 8.89. The van der Waals surface area contributed by atoms with E-state index in [-0.39, 0.29) is 12.0 Å². The second kappa shape index (κ2) is 3.92. The first kappa shape index (κ1) is 12.4. The summed E-state index contributed by atoms with van der Waals surface area (Å²) in [4.78, 5) is 12.2. The molecule has 4 nitrogen and oxygen atoms in total. The summed E-state index contributed by atoms with van der Waals surface area (Å²) in [6.45, 7) is 5.44. The zero-order chi connectivity index (χ0) is 13.8. The maximum atomic E-state index is 12.2. The molecule has 1 aliphatic rings. The fourth-order valence-electron chi connectivity index (χ4n) is 2.51. The number of rotatable bonds is 0. The maximum Gasteiger partial charge on any atom is 0.195 e. The highest BCUT2D eigenvalue weighted by molar-refractivity contribution is 5.81. The van der Waals surface area contributed by atoms with Crippen molar-refractivity contribution in [3.8, 4) is 0 Å². The van der Waals surface area contributed by atoms with Crippen LogP contribution in [0.2, 0.25) is 0 Å². The molecule has 3 rings (SSSR count). The Balaban J connectivity index is 2.33. The van der Waals surface area contributed by atoms with Crippen LogP contribution >= 0.6 is 0 Å². The van der Waals surface area contributed by atoms with Crippen LogP contribution in [0.25, 0.3) is 11.0 Å². The molecule has 1 atom stereocenters. The van der Waals surface area contributed by atoms with E-state index in [9.17, 15) is 9.90 Å². The molecule has 0 bridgehead atoms. The van der Waals surface area contributed by atoms with Gasteiger partial charge in [0.1, 0.15) is 11.3 Å². The second-order valence-electron chi connectivity index (χ2n) is 5.33. The minimum absolute atomic E-state index is 0.00103. The Bertz CT molecular complexity index is 725. The van der Waals surface area contributed by atoms with Crippen molar-refractivity contribution in [2.24, 2.45) is 0 Å². The zero-order valence-electron chi connectivity index (χ0n) is 11.2. The summed E-state index contributed by atoms with van der Waals surface area (Å²) in [5.41, 5.74) is 3.05. The molecule has 0 spiro atoms. The minimum Gasteiger partial charge on any atom is -0.460 e. The molecule has 0 radical (unpaired) electrons. The van der Waals surface area contributed by atoms with Crippen LogP contribution in [0.3, 0.4) is 0 Å². The Labute approximate surface area is 110 Å². The summed E-state index contributed by atoms with van der Waals surface area (Å²) >= 11 is 0. The van der Waals surface area contributed by atoms with E-state index in [1.807, 2.05) is 6.07 Å². The van der Waals surface area contributed by atoms with Gasteiger partial charge in [-0.1, -0.05) is 6.07 Å². The smallest absolute Gasteiger partial charge is 0.195 e. The summed E-state index contributed by atoms with van der Waals surface area (Å²) in [6, 6.07) is 3.65. The lowest BCUT2D eigenvalue weighted by molar-refractivity contribution is -0.203. The molecule has 19 heavy (non-hydrogen) atoms. The predicted octanol–water partition coefficient (Wildman–Crippen LogP) is 2.19. The van der Waals surface area contributed by atoms with Crippen molar-refractivity contribution in [2.45, 2.75) is 39.6 Å². The maximum absolute atomic E-state index is 12.2. The van der Waals surface area contributed by atoms with Crippen molar-refractivity contribution < 1.29 is 14.3 Å². The van der Waals surface area contributed by atoms with Crippen molar-refractivity contribution >= 4 is 11.0 Å². The minimum atomic E-state index is -1.15. The third kappa shape index (κ3) is 1.88. The topological polar surface area (TPSA) is 59.7 Å². The summed E-state index contributed by atoms with van der Waals surface area (Å²) in [5.74, 6) is -0.524. The molecule has 100 valence electrons. The van der Waals surface area contributed by atoms with Gasteiger partial charge in [0.15, 0.2) is 11.2 Å². The summed E-state index contributed by atoms with van der Waals surface area (Å²) in [5, 5.41) is 10.5. The molecule has 0 aliphatic carbocycles. The van der Waals surface area contributed by atoms with Crippen LogP contribution < -0.4 is 5.43 Å². The SMILES string of the molecule is Cc1oc2c3c(ccc2c(=O)c1C)CC(C)(O)OC3. The largest absolute Gasteiger partial charge is 0.460 e. The highest BCUT2D eigenvalue weighted by atomic mass is 16.6. The van der Waals surface area contributed by atoms with Crippen LogP contribution in [0.15, 0.2) is 21.3 Å². The van der Waals surface area contributed by atoms with E-state index in [0.717, 1.165) is 11.1 Å². The first-order valence-corrected chi connectivity index (χ1v) is 6.30. The fourth-order valence-corrected chi connectivity index (χ4v) is 2.51. The van der Waals surface area contributed by atoms with Crippen molar-refractivity contribution in [3.05, 3.63) is 44.8 Å². The van der Waals surface area contributed by atoms with Gasteiger partial charge in [-0.05, 0) is 32.4 Å². The van der Waals surface area contributed by atoms with E-state index in [1.54, 1.807) is 26.8 Å². The van der Waals surface area contributed by atoms with Gasteiger partial charge in [0.2, 0.25) is 0 Å². The molecule has 2 aromatic rings. The van der Waals surface area contributed by atoms with Crippen LogP contribution in [0.1, 0.15) is 29.4 Å². The number of ether oxygens (including phenoxy) is 1. The Morgan fingerprint density at radius 3 is 2.79 bits per heavy atom. The Morgan fingerprint density at radius 1 is 1.32 bits per heavy atom. The molecular formula is C15H16O4. The lowest BCUT2D eigenvalue weighted by Gasteiger charge is -2.30. The molecular weight excluding hydrogens is 244 g/mol. The summed E-state index contributed by atoms with van der Waals surface area (Å²) in [7, 11) is 0. The van der Waals surface area contributed by atoms with Gasteiger partial charge < -0.3 is 14.3 Å². The normalized spacial score (nSPS) is 22.5. The van der Waals surface area contributed by atoms with Gasteiger partial charge in [0, 0.05) is 17.5 Å². The molecule has 0 saturated carbocycles.